The largest absolute Gasteiger partial charge is 0.466 e. The van der Waals surface area contributed by atoms with Crippen molar-refractivity contribution in [2.45, 2.75) is 60.8 Å². The van der Waals surface area contributed by atoms with Crippen LogP contribution < -0.4 is 0 Å². The number of rotatable bonds is 10. The lowest BCUT2D eigenvalue weighted by atomic mass is 9.68. The van der Waals surface area contributed by atoms with Gasteiger partial charge < -0.3 is 9.47 Å². The smallest absolute Gasteiger partial charge is 0.310 e. The maximum absolute atomic E-state index is 12.3. The highest BCUT2D eigenvalue weighted by Gasteiger charge is 2.41. The van der Waals surface area contributed by atoms with Crippen LogP contribution in [0.25, 0.3) is 0 Å². The average Bonchev–Trinajstić information content (AvgIpc) is 2.45. The molecular weight excluding hydrogens is 294 g/mol. The zero-order valence-electron chi connectivity index (χ0n) is 15.3. The summed E-state index contributed by atoms with van der Waals surface area (Å²) in [6.45, 7) is 12.1. The van der Waals surface area contributed by atoms with Crippen molar-refractivity contribution in [2.75, 3.05) is 13.2 Å². The first-order valence-electron chi connectivity index (χ1n) is 8.41. The average molecular weight is 325 g/mol. The first-order chi connectivity index (χ1) is 10.7. The summed E-state index contributed by atoms with van der Waals surface area (Å²) in [5.41, 5.74) is -0.386. The van der Waals surface area contributed by atoms with Crippen molar-refractivity contribution < 1.29 is 19.1 Å². The van der Waals surface area contributed by atoms with Gasteiger partial charge in [0.25, 0.3) is 0 Å². The first-order valence-corrected chi connectivity index (χ1v) is 8.41. The summed E-state index contributed by atoms with van der Waals surface area (Å²) >= 11 is 0. The van der Waals surface area contributed by atoms with Crippen LogP contribution in [0, 0.1) is 34.5 Å². The van der Waals surface area contributed by atoms with Crippen molar-refractivity contribution in [1.82, 2.24) is 0 Å². The number of hydrogen-bond donors (Lipinski definition) is 0. The molecule has 5 heteroatoms. The predicted molar refractivity (Wildman–Crippen MR) is 88.3 cm³/mol. The molecule has 2 atom stereocenters. The third-order valence-corrected chi connectivity index (χ3v) is 4.03. The number of esters is 2. The van der Waals surface area contributed by atoms with Gasteiger partial charge in [-0.25, -0.2) is 0 Å². The van der Waals surface area contributed by atoms with E-state index in [1.165, 1.54) is 0 Å². The third-order valence-electron chi connectivity index (χ3n) is 4.03. The van der Waals surface area contributed by atoms with Crippen molar-refractivity contribution in [2.24, 2.45) is 23.2 Å². The molecule has 0 saturated heterocycles. The highest BCUT2D eigenvalue weighted by molar-refractivity contribution is 5.80. The van der Waals surface area contributed by atoms with Crippen LogP contribution in [-0.4, -0.2) is 25.2 Å². The summed E-state index contributed by atoms with van der Waals surface area (Å²) in [4.78, 5) is 24.1. The molecule has 0 fully saturated rings. The fourth-order valence-electron chi connectivity index (χ4n) is 2.61. The Bertz CT molecular complexity index is 423. The van der Waals surface area contributed by atoms with E-state index in [-0.39, 0.29) is 25.0 Å². The lowest BCUT2D eigenvalue weighted by Crippen LogP contribution is -2.37. The zero-order chi connectivity index (χ0) is 18.0. The minimum Gasteiger partial charge on any atom is -0.466 e. The van der Waals surface area contributed by atoms with Crippen molar-refractivity contribution in [3.63, 3.8) is 0 Å². The lowest BCUT2D eigenvalue weighted by Gasteiger charge is -2.34. The van der Waals surface area contributed by atoms with Crippen molar-refractivity contribution >= 4 is 11.9 Å². The first kappa shape index (κ1) is 21.4. The number of hydrogen-bond acceptors (Lipinski definition) is 5. The highest BCUT2D eigenvalue weighted by atomic mass is 16.5. The normalized spacial score (nSPS) is 14.0. The molecule has 23 heavy (non-hydrogen) atoms. The van der Waals surface area contributed by atoms with Gasteiger partial charge in [0.1, 0.15) is 0 Å². The molecule has 0 saturated carbocycles. The quantitative estimate of drug-likeness (QED) is 0.572. The fourth-order valence-corrected chi connectivity index (χ4v) is 2.61. The zero-order valence-corrected chi connectivity index (χ0v) is 15.3. The predicted octanol–water partition coefficient (Wildman–Crippen LogP) is 3.72. The van der Waals surface area contributed by atoms with Gasteiger partial charge in [-0.1, -0.05) is 34.1 Å². The van der Waals surface area contributed by atoms with Gasteiger partial charge >= 0.3 is 11.9 Å². The molecule has 0 aliphatic carbocycles. The van der Waals surface area contributed by atoms with Gasteiger partial charge in [-0.15, -0.1) is 0 Å². The second-order valence-electron chi connectivity index (χ2n) is 6.90. The van der Waals surface area contributed by atoms with E-state index >= 15 is 0 Å². The van der Waals surface area contributed by atoms with Gasteiger partial charge in [0.05, 0.1) is 37.5 Å². The minimum atomic E-state index is -0.791. The molecule has 0 aromatic heterocycles. The molecule has 0 heterocycles. The van der Waals surface area contributed by atoms with E-state index in [1.807, 2.05) is 13.8 Å². The Morgan fingerprint density at radius 3 is 2.13 bits per heavy atom. The molecule has 5 nitrogen and oxygen atoms in total. The number of nitriles is 1. The molecular formula is C18H31NO4. The number of carbonyl (C=O) groups is 2. The van der Waals surface area contributed by atoms with Crippen LogP contribution in [0.1, 0.15) is 60.8 Å². The molecule has 0 aliphatic heterocycles. The van der Waals surface area contributed by atoms with E-state index in [2.05, 4.69) is 19.9 Å². The third kappa shape index (κ3) is 7.49. The van der Waals surface area contributed by atoms with Crippen LogP contribution in [0.2, 0.25) is 0 Å². The van der Waals surface area contributed by atoms with Gasteiger partial charge in [-0.2, -0.15) is 5.26 Å². The number of ether oxygens (including phenoxy) is 2. The van der Waals surface area contributed by atoms with Crippen molar-refractivity contribution in [1.29, 1.82) is 5.26 Å². The number of nitrogens with zero attached hydrogens (tertiary/aromatic N) is 1. The summed E-state index contributed by atoms with van der Waals surface area (Å²) in [5.74, 6) is -1.83. The van der Waals surface area contributed by atoms with Gasteiger partial charge in [-0.3, -0.25) is 9.59 Å². The maximum Gasteiger partial charge on any atom is 0.310 e. The molecule has 0 rings (SSSR count). The molecule has 0 aromatic rings. The van der Waals surface area contributed by atoms with Crippen LogP contribution in [0.15, 0.2) is 0 Å². The Morgan fingerprint density at radius 1 is 1.13 bits per heavy atom. The van der Waals surface area contributed by atoms with E-state index in [0.717, 1.165) is 12.8 Å². The van der Waals surface area contributed by atoms with Gasteiger partial charge in [-0.05, 0) is 31.6 Å². The summed E-state index contributed by atoms with van der Waals surface area (Å²) in [6, 6.07) is 2.24. The Labute approximate surface area is 140 Å². The Hall–Kier alpha value is -1.57. The number of carbonyl (C=O) groups excluding carboxylic acids is 2. The van der Waals surface area contributed by atoms with Gasteiger partial charge in [0, 0.05) is 0 Å². The molecule has 0 amide bonds. The van der Waals surface area contributed by atoms with Crippen LogP contribution >= 0.6 is 0 Å². The maximum atomic E-state index is 12.3. The van der Waals surface area contributed by atoms with E-state index < -0.39 is 23.8 Å². The second kappa shape index (κ2) is 10.3. The molecule has 0 N–H and O–H groups in total. The summed E-state index contributed by atoms with van der Waals surface area (Å²) < 4.78 is 10.0. The molecule has 0 radical (unpaired) electrons. The Kier molecular flexibility index (Phi) is 9.55. The van der Waals surface area contributed by atoms with E-state index in [4.69, 9.17) is 9.47 Å². The topological polar surface area (TPSA) is 76.4 Å². The van der Waals surface area contributed by atoms with Crippen molar-refractivity contribution in [3.05, 3.63) is 0 Å². The van der Waals surface area contributed by atoms with Crippen LogP contribution in [0.4, 0.5) is 0 Å². The van der Waals surface area contributed by atoms with Crippen molar-refractivity contribution in [3.8, 4) is 6.07 Å². The highest BCUT2D eigenvalue weighted by Crippen LogP contribution is 2.39. The molecule has 2 unspecified atom stereocenters. The minimum absolute atomic E-state index is 0.115. The van der Waals surface area contributed by atoms with Gasteiger partial charge in [0.15, 0.2) is 0 Å². The fraction of sp³-hybridized carbons (Fsp3) is 0.833. The second-order valence-corrected chi connectivity index (χ2v) is 6.90. The Balaban J connectivity index is 5.32. The SMILES string of the molecule is CCOC(=O)CC(C(=O)OCC)C(C#N)C(C)(C)CCC(C)C. The molecule has 0 bridgehead atoms. The van der Waals surface area contributed by atoms with E-state index in [0.29, 0.717) is 5.92 Å². The molecule has 0 spiro atoms. The van der Waals surface area contributed by atoms with Crippen LogP contribution in [0.3, 0.4) is 0 Å². The molecule has 0 aliphatic rings. The van der Waals surface area contributed by atoms with E-state index in [9.17, 15) is 14.9 Å². The van der Waals surface area contributed by atoms with Crippen LogP contribution in [0.5, 0.6) is 0 Å². The van der Waals surface area contributed by atoms with E-state index in [1.54, 1.807) is 13.8 Å². The standard InChI is InChI=1S/C18H31NO4/c1-7-22-16(20)11-14(17(21)23-8-2)15(12-19)18(5,6)10-9-13(3)4/h13-15H,7-11H2,1-6H3. The monoisotopic (exact) mass is 325 g/mol. The summed E-state index contributed by atoms with van der Waals surface area (Å²) in [5, 5.41) is 9.65. The van der Waals surface area contributed by atoms with Gasteiger partial charge in [0.2, 0.25) is 0 Å². The lowest BCUT2D eigenvalue weighted by molar-refractivity contribution is -0.157. The molecule has 0 aromatic carbocycles. The summed E-state index contributed by atoms with van der Waals surface area (Å²) in [7, 11) is 0. The van der Waals surface area contributed by atoms with Crippen LogP contribution in [-0.2, 0) is 19.1 Å². The molecule has 132 valence electrons. The summed E-state index contributed by atoms with van der Waals surface area (Å²) in [6.07, 6.45) is 1.65. The Morgan fingerprint density at radius 2 is 1.70 bits per heavy atom.